The number of nitrogens with one attached hydrogen (secondary N) is 1. The maximum absolute atomic E-state index is 12.3. The van der Waals surface area contributed by atoms with E-state index in [-0.39, 0.29) is 11.4 Å². The summed E-state index contributed by atoms with van der Waals surface area (Å²) >= 11 is 0. The molecule has 0 heterocycles. The molecule has 0 aromatic heterocycles. The minimum Gasteiger partial charge on any atom is -0.497 e. The third-order valence-corrected chi connectivity index (χ3v) is 3.22. The second-order valence-electron chi connectivity index (χ2n) is 4.97. The van der Waals surface area contributed by atoms with Crippen LogP contribution in [0.1, 0.15) is 23.7 Å². The van der Waals surface area contributed by atoms with Gasteiger partial charge in [0, 0.05) is 5.56 Å². The quantitative estimate of drug-likeness (QED) is 0.618. The number of methoxy groups -OCH3 is 1. The zero-order valence-electron chi connectivity index (χ0n) is 13.4. The van der Waals surface area contributed by atoms with Gasteiger partial charge in [0.15, 0.2) is 0 Å². The van der Waals surface area contributed by atoms with Gasteiger partial charge in [0.25, 0.3) is 11.6 Å². The zero-order chi connectivity index (χ0) is 17.5. The molecule has 24 heavy (non-hydrogen) atoms. The molecule has 0 aliphatic rings. The SMILES string of the molecule is CCCOc1ccc(NC(=O)c2cccc(OC)c2)c([N+](=O)[O-])c1. The number of hydrogen-bond donors (Lipinski definition) is 1. The molecule has 0 saturated heterocycles. The van der Waals surface area contributed by atoms with Crippen LogP contribution in [0.15, 0.2) is 42.5 Å². The Morgan fingerprint density at radius 1 is 1.21 bits per heavy atom. The van der Waals surface area contributed by atoms with Crippen molar-refractivity contribution < 1.29 is 19.2 Å². The average molecular weight is 330 g/mol. The number of benzene rings is 2. The Morgan fingerprint density at radius 2 is 2.00 bits per heavy atom. The van der Waals surface area contributed by atoms with E-state index in [9.17, 15) is 14.9 Å². The van der Waals surface area contributed by atoms with E-state index in [0.29, 0.717) is 23.7 Å². The molecule has 7 nitrogen and oxygen atoms in total. The van der Waals surface area contributed by atoms with Crippen LogP contribution in [0, 0.1) is 10.1 Å². The van der Waals surface area contributed by atoms with Crippen molar-refractivity contribution in [3.05, 3.63) is 58.1 Å². The smallest absolute Gasteiger partial charge is 0.296 e. The Bertz CT molecular complexity index is 746. The van der Waals surface area contributed by atoms with Crippen molar-refractivity contribution in [3.8, 4) is 11.5 Å². The van der Waals surface area contributed by atoms with Crippen LogP contribution in [0.4, 0.5) is 11.4 Å². The minimum absolute atomic E-state index is 0.108. The van der Waals surface area contributed by atoms with E-state index in [1.54, 1.807) is 30.3 Å². The summed E-state index contributed by atoms with van der Waals surface area (Å²) < 4.78 is 10.5. The third-order valence-electron chi connectivity index (χ3n) is 3.22. The van der Waals surface area contributed by atoms with Crippen molar-refractivity contribution >= 4 is 17.3 Å². The van der Waals surface area contributed by atoms with Crippen LogP contribution < -0.4 is 14.8 Å². The summed E-state index contributed by atoms with van der Waals surface area (Å²) in [6, 6.07) is 10.9. The predicted molar refractivity (Wildman–Crippen MR) is 89.8 cm³/mol. The van der Waals surface area contributed by atoms with Crippen molar-refractivity contribution in [3.63, 3.8) is 0 Å². The molecule has 0 atom stereocenters. The van der Waals surface area contributed by atoms with Gasteiger partial charge in [0.1, 0.15) is 17.2 Å². The van der Waals surface area contributed by atoms with Gasteiger partial charge in [-0.1, -0.05) is 13.0 Å². The Hall–Kier alpha value is -3.09. The Kier molecular flexibility index (Phi) is 5.73. The molecular formula is C17H18N2O5. The molecule has 0 aliphatic carbocycles. The van der Waals surface area contributed by atoms with Gasteiger partial charge in [0.2, 0.25) is 0 Å². The van der Waals surface area contributed by atoms with Crippen molar-refractivity contribution in [1.82, 2.24) is 0 Å². The van der Waals surface area contributed by atoms with Crippen LogP contribution in [0.2, 0.25) is 0 Å². The second kappa shape index (κ2) is 7.96. The highest BCUT2D eigenvalue weighted by atomic mass is 16.6. The lowest BCUT2D eigenvalue weighted by Gasteiger charge is -2.09. The molecule has 1 amide bonds. The van der Waals surface area contributed by atoms with Gasteiger partial charge < -0.3 is 14.8 Å². The number of rotatable bonds is 7. The first-order valence-corrected chi connectivity index (χ1v) is 7.41. The molecule has 0 fully saturated rings. The van der Waals surface area contributed by atoms with Crippen LogP contribution in [0.3, 0.4) is 0 Å². The normalized spacial score (nSPS) is 10.1. The molecule has 0 bridgehead atoms. The van der Waals surface area contributed by atoms with Crippen LogP contribution in [0.25, 0.3) is 0 Å². The molecule has 2 rings (SSSR count). The lowest BCUT2D eigenvalue weighted by atomic mass is 10.2. The Morgan fingerprint density at radius 3 is 2.67 bits per heavy atom. The molecule has 7 heteroatoms. The number of carbonyl (C=O) groups excluding carboxylic acids is 1. The lowest BCUT2D eigenvalue weighted by molar-refractivity contribution is -0.384. The van der Waals surface area contributed by atoms with Crippen LogP contribution in [0.5, 0.6) is 11.5 Å². The van der Waals surface area contributed by atoms with Crippen molar-refractivity contribution in [2.24, 2.45) is 0 Å². The minimum atomic E-state index is -0.556. The first-order chi connectivity index (χ1) is 11.5. The zero-order valence-corrected chi connectivity index (χ0v) is 13.4. The van der Waals surface area contributed by atoms with E-state index in [1.807, 2.05) is 6.92 Å². The molecule has 0 saturated carbocycles. The highest BCUT2D eigenvalue weighted by Crippen LogP contribution is 2.29. The van der Waals surface area contributed by atoms with Gasteiger partial charge in [-0.15, -0.1) is 0 Å². The van der Waals surface area contributed by atoms with Crippen LogP contribution in [-0.4, -0.2) is 24.5 Å². The highest BCUT2D eigenvalue weighted by Gasteiger charge is 2.18. The van der Waals surface area contributed by atoms with Crippen molar-refractivity contribution in [1.29, 1.82) is 0 Å². The molecule has 1 N–H and O–H groups in total. The monoisotopic (exact) mass is 330 g/mol. The molecule has 2 aromatic rings. The Labute approximate surface area is 139 Å². The summed E-state index contributed by atoms with van der Waals surface area (Å²) in [5, 5.41) is 13.8. The topological polar surface area (TPSA) is 90.7 Å². The molecule has 0 aliphatic heterocycles. The Balaban J connectivity index is 2.24. The van der Waals surface area contributed by atoms with Gasteiger partial charge in [-0.25, -0.2) is 0 Å². The van der Waals surface area contributed by atoms with Crippen molar-refractivity contribution in [2.45, 2.75) is 13.3 Å². The van der Waals surface area contributed by atoms with Gasteiger partial charge >= 0.3 is 0 Å². The summed E-state index contributed by atoms with van der Waals surface area (Å²) in [4.78, 5) is 23.0. The summed E-state index contributed by atoms with van der Waals surface area (Å²) in [6.45, 7) is 2.41. The number of nitrogens with zero attached hydrogens (tertiary/aromatic N) is 1. The van der Waals surface area contributed by atoms with E-state index in [1.165, 1.54) is 19.2 Å². The lowest BCUT2D eigenvalue weighted by Crippen LogP contribution is -2.13. The summed E-state index contributed by atoms with van der Waals surface area (Å²) in [7, 11) is 1.50. The number of anilines is 1. The van der Waals surface area contributed by atoms with E-state index < -0.39 is 10.8 Å². The highest BCUT2D eigenvalue weighted by molar-refractivity contribution is 6.05. The van der Waals surface area contributed by atoms with Gasteiger partial charge in [-0.2, -0.15) is 0 Å². The fourth-order valence-electron chi connectivity index (χ4n) is 2.04. The molecule has 0 spiro atoms. The number of nitro groups is 1. The number of ether oxygens (including phenoxy) is 2. The number of nitro benzene ring substituents is 1. The fraction of sp³-hybridized carbons (Fsp3) is 0.235. The van der Waals surface area contributed by atoms with Crippen LogP contribution >= 0.6 is 0 Å². The molecular weight excluding hydrogens is 312 g/mol. The van der Waals surface area contributed by atoms with Gasteiger partial charge in [-0.05, 0) is 36.8 Å². The molecule has 2 aromatic carbocycles. The second-order valence-corrected chi connectivity index (χ2v) is 4.97. The maximum Gasteiger partial charge on any atom is 0.296 e. The van der Waals surface area contributed by atoms with Crippen LogP contribution in [-0.2, 0) is 0 Å². The third kappa shape index (κ3) is 4.22. The maximum atomic E-state index is 12.3. The molecule has 0 unspecified atom stereocenters. The number of hydrogen-bond acceptors (Lipinski definition) is 5. The first-order valence-electron chi connectivity index (χ1n) is 7.41. The largest absolute Gasteiger partial charge is 0.497 e. The standard InChI is InChI=1S/C17H18N2O5/c1-3-9-24-14-7-8-15(16(11-14)19(21)22)18-17(20)12-5-4-6-13(10-12)23-2/h4-8,10-11H,3,9H2,1-2H3,(H,18,20). The van der Waals surface area contributed by atoms with Crippen molar-refractivity contribution in [2.75, 3.05) is 19.0 Å². The summed E-state index contributed by atoms with van der Waals surface area (Å²) in [5.41, 5.74) is 0.228. The number of carbonyl (C=O) groups is 1. The summed E-state index contributed by atoms with van der Waals surface area (Å²) in [5.74, 6) is 0.461. The van der Waals surface area contributed by atoms with E-state index in [2.05, 4.69) is 5.32 Å². The van der Waals surface area contributed by atoms with Gasteiger partial charge in [-0.3, -0.25) is 14.9 Å². The van der Waals surface area contributed by atoms with E-state index in [4.69, 9.17) is 9.47 Å². The van der Waals surface area contributed by atoms with E-state index >= 15 is 0 Å². The molecule has 126 valence electrons. The predicted octanol–water partition coefficient (Wildman–Crippen LogP) is 3.64. The average Bonchev–Trinajstić information content (AvgIpc) is 2.60. The van der Waals surface area contributed by atoms with Gasteiger partial charge in [0.05, 0.1) is 24.7 Å². The molecule has 0 radical (unpaired) electrons. The summed E-state index contributed by atoms with van der Waals surface area (Å²) in [6.07, 6.45) is 0.794. The fourth-order valence-corrected chi connectivity index (χ4v) is 2.04. The van der Waals surface area contributed by atoms with E-state index in [0.717, 1.165) is 6.42 Å². The number of amides is 1. The first kappa shape index (κ1) is 17.3.